The molecule has 2 atom stereocenters. The maximum absolute atomic E-state index is 10.6. The van der Waals surface area contributed by atoms with Gasteiger partial charge in [0.2, 0.25) is 0 Å². The molecule has 6 heteroatoms. The first kappa shape index (κ1) is 13.9. The van der Waals surface area contributed by atoms with Gasteiger partial charge in [-0.15, -0.1) is 0 Å². The van der Waals surface area contributed by atoms with E-state index in [2.05, 4.69) is 0 Å². The number of nitrogens with two attached hydrogens (primary N) is 1. The minimum absolute atomic E-state index is 0.0853. The van der Waals surface area contributed by atoms with Crippen molar-refractivity contribution in [1.29, 1.82) is 0 Å². The van der Waals surface area contributed by atoms with E-state index in [0.717, 1.165) is 0 Å². The van der Waals surface area contributed by atoms with Gasteiger partial charge >= 0.3 is 5.97 Å². The zero-order valence-electron chi connectivity index (χ0n) is 9.01. The van der Waals surface area contributed by atoms with Crippen LogP contribution in [0.25, 0.3) is 0 Å². The van der Waals surface area contributed by atoms with Gasteiger partial charge in [-0.3, -0.25) is 4.79 Å². The lowest BCUT2D eigenvalue weighted by Crippen LogP contribution is -2.27. The third-order valence-corrected chi connectivity index (χ3v) is 2.73. The molecule has 1 rings (SSSR count). The topological polar surface area (TPSA) is 104 Å². The summed E-state index contributed by atoms with van der Waals surface area (Å²) in [5, 5.41) is 28.1. The van der Waals surface area contributed by atoms with Gasteiger partial charge in [0.05, 0.1) is 12.5 Å². The Balaban J connectivity index is 2.99. The summed E-state index contributed by atoms with van der Waals surface area (Å²) in [5.74, 6) is -1.02. The van der Waals surface area contributed by atoms with E-state index >= 15 is 0 Å². The van der Waals surface area contributed by atoms with Crippen LogP contribution in [0, 0.1) is 0 Å². The third kappa shape index (κ3) is 3.67. The van der Waals surface area contributed by atoms with E-state index in [1.54, 1.807) is 0 Å². The highest BCUT2D eigenvalue weighted by molar-refractivity contribution is 6.31. The van der Waals surface area contributed by atoms with E-state index in [1.807, 2.05) is 0 Å². The lowest BCUT2D eigenvalue weighted by Gasteiger charge is -2.17. The summed E-state index contributed by atoms with van der Waals surface area (Å²) in [6.07, 6.45) is -2.48. The van der Waals surface area contributed by atoms with Crippen molar-refractivity contribution in [3.05, 3.63) is 34.3 Å². The second kappa shape index (κ2) is 5.97. The Morgan fingerprint density at radius 3 is 2.59 bits per heavy atom. The predicted octanol–water partition coefficient (Wildman–Crippen LogP) is 0.320. The van der Waals surface area contributed by atoms with E-state index in [4.69, 9.17) is 22.4 Å². The molecule has 1 aromatic carbocycles. The van der Waals surface area contributed by atoms with Crippen molar-refractivity contribution < 1.29 is 20.1 Å². The Morgan fingerprint density at radius 2 is 2.06 bits per heavy atom. The van der Waals surface area contributed by atoms with Crippen LogP contribution < -0.4 is 5.73 Å². The Hall–Kier alpha value is -1.14. The van der Waals surface area contributed by atoms with Crippen LogP contribution in [0.5, 0.6) is 0 Å². The molecular formula is C11H14ClNO4. The first-order valence-electron chi connectivity index (χ1n) is 5.02. The number of halogens is 1. The highest BCUT2D eigenvalue weighted by atomic mass is 35.5. The van der Waals surface area contributed by atoms with Crippen molar-refractivity contribution in [3.63, 3.8) is 0 Å². The molecule has 0 aliphatic rings. The summed E-state index contributed by atoms with van der Waals surface area (Å²) < 4.78 is 0. The van der Waals surface area contributed by atoms with E-state index in [0.29, 0.717) is 16.1 Å². The fourth-order valence-electron chi connectivity index (χ4n) is 1.43. The maximum Gasteiger partial charge on any atom is 0.307 e. The molecule has 0 aliphatic heterocycles. The van der Waals surface area contributed by atoms with Gasteiger partial charge in [-0.1, -0.05) is 23.7 Å². The van der Waals surface area contributed by atoms with Gasteiger partial charge in [0.15, 0.2) is 0 Å². The molecule has 94 valence electrons. The van der Waals surface area contributed by atoms with E-state index < -0.39 is 18.2 Å². The largest absolute Gasteiger partial charge is 0.481 e. The molecular weight excluding hydrogens is 246 g/mol. The van der Waals surface area contributed by atoms with E-state index in [-0.39, 0.29) is 13.0 Å². The summed E-state index contributed by atoms with van der Waals surface area (Å²) in [7, 11) is 0. The van der Waals surface area contributed by atoms with Gasteiger partial charge in [-0.25, -0.2) is 0 Å². The molecule has 0 spiro atoms. The zero-order valence-corrected chi connectivity index (χ0v) is 9.76. The molecule has 0 bridgehead atoms. The van der Waals surface area contributed by atoms with Crippen LogP contribution in [-0.2, 0) is 11.2 Å². The first-order valence-corrected chi connectivity index (χ1v) is 5.39. The van der Waals surface area contributed by atoms with Crippen LogP contribution in [0.15, 0.2) is 18.2 Å². The number of carboxylic acid groups (broad SMARTS) is 1. The molecule has 0 heterocycles. The lowest BCUT2D eigenvalue weighted by molar-refractivity contribution is -0.136. The molecule has 0 saturated carbocycles. The molecule has 0 saturated heterocycles. The van der Waals surface area contributed by atoms with Gasteiger partial charge in [-0.2, -0.15) is 0 Å². The van der Waals surface area contributed by atoms with Gasteiger partial charge in [0.1, 0.15) is 6.10 Å². The van der Waals surface area contributed by atoms with E-state index in [1.165, 1.54) is 18.2 Å². The molecule has 0 aliphatic carbocycles. The Labute approximate surface area is 103 Å². The quantitative estimate of drug-likeness (QED) is 0.610. The zero-order chi connectivity index (χ0) is 13.0. The number of carbonyl (C=O) groups is 1. The van der Waals surface area contributed by atoms with Crippen LogP contribution in [0.1, 0.15) is 17.2 Å². The minimum Gasteiger partial charge on any atom is -0.481 e. The van der Waals surface area contributed by atoms with Crippen molar-refractivity contribution in [2.75, 3.05) is 6.54 Å². The molecule has 0 radical (unpaired) electrons. The van der Waals surface area contributed by atoms with Crippen LogP contribution in [-0.4, -0.2) is 33.9 Å². The van der Waals surface area contributed by atoms with Gasteiger partial charge in [0.25, 0.3) is 0 Å². The number of aliphatic hydroxyl groups excluding tert-OH is 2. The van der Waals surface area contributed by atoms with Crippen LogP contribution in [0.3, 0.4) is 0 Å². The normalized spacial score (nSPS) is 14.4. The Morgan fingerprint density at radius 1 is 1.41 bits per heavy atom. The number of rotatable bonds is 5. The molecule has 0 amide bonds. The van der Waals surface area contributed by atoms with Crippen molar-refractivity contribution >= 4 is 17.6 Å². The molecule has 5 N–H and O–H groups in total. The second-order valence-electron chi connectivity index (χ2n) is 3.67. The number of benzene rings is 1. The Kier molecular flexibility index (Phi) is 4.89. The standard InChI is InChI=1S/C11H14ClNO4/c12-8-2-1-6(11(17)9(14)5-13)3-7(8)4-10(15)16/h1-3,9,11,14,17H,4-5,13H2,(H,15,16). The van der Waals surface area contributed by atoms with Crippen molar-refractivity contribution in [2.24, 2.45) is 5.73 Å². The van der Waals surface area contributed by atoms with Crippen LogP contribution in [0.2, 0.25) is 5.02 Å². The SMILES string of the molecule is NCC(O)C(O)c1ccc(Cl)c(CC(=O)O)c1. The average molecular weight is 260 g/mol. The lowest BCUT2D eigenvalue weighted by atomic mass is 10.0. The molecule has 5 nitrogen and oxygen atoms in total. The summed E-state index contributed by atoms with van der Waals surface area (Å²) in [5.41, 5.74) is 6.01. The summed E-state index contributed by atoms with van der Waals surface area (Å²) in [6.45, 7) is -0.0853. The number of aliphatic hydroxyl groups is 2. The average Bonchev–Trinajstić information content (AvgIpc) is 2.29. The monoisotopic (exact) mass is 259 g/mol. The smallest absolute Gasteiger partial charge is 0.307 e. The fraction of sp³-hybridized carbons (Fsp3) is 0.364. The highest BCUT2D eigenvalue weighted by Crippen LogP contribution is 2.23. The van der Waals surface area contributed by atoms with Crippen LogP contribution >= 0.6 is 11.6 Å². The molecule has 0 aromatic heterocycles. The number of aliphatic carboxylic acids is 1. The Bertz CT molecular complexity index is 410. The molecule has 17 heavy (non-hydrogen) atoms. The fourth-order valence-corrected chi connectivity index (χ4v) is 1.61. The van der Waals surface area contributed by atoms with Crippen molar-refractivity contribution in [3.8, 4) is 0 Å². The van der Waals surface area contributed by atoms with Crippen molar-refractivity contribution in [1.82, 2.24) is 0 Å². The molecule has 2 unspecified atom stereocenters. The van der Waals surface area contributed by atoms with Gasteiger partial charge < -0.3 is 21.1 Å². The van der Waals surface area contributed by atoms with Crippen LogP contribution in [0.4, 0.5) is 0 Å². The third-order valence-electron chi connectivity index (χ3n) is 2.36. The van der Waals surface area contributed by atoms with Gasteiger partial charge in [-0.05, 0) is 17.2 Å². The number of carboxylic acids is 1. The number of hydrogen-bond acceptors (Lipinski definition) is 4. The van der Waals surface area contributed by atoms with E-state index in [9.17, 15) is 15.0 Å². The summed E-state index contributed by atoms with van der Waals surface area (Å²) >= 11 is 5.83. The maximum atomic E-state index is 10.6. The van der Waals surface area contributed by atoms with Crippen molar-refractivity contribution in [2.45, 2.75) is 18.6 Å². The van der Waals surface area contributed by atoms with Gasteiger partial charge in [0, 0.05) is 11.6 Å². The molecule has 0 fully saturated rings. The molecule has 1 aromatic rings. The first-order chi connectivity index (χ1) is 7.95. The number of hydrogen-bond donors (Lipinski definition) is 4. The summed E-state index contributed by atoms with van der Waals surface area (Å²) in [6, 6.07) is 4.47. The summed E-state index contributed by atoms with van der Waals surface area (Å²) in [4.78, 5) is 10.6. The highest BCUT2D eigenvalue weighted by Gasteiger charge is 2.18. The minimum atomic E-state index is -1.15. The second-order valence-corrected chi connectivity index (χ2v) is 4.08. The predicted molar refractivity (Wildman–Crippen MR) is 62.8 cm³/mol.